The lowest BCUT2D eigenvalue weighted by molar-refractivity contribution is 0.0596. The van der Waals surface area contributed by atoms with E-state index in [-0.39, 0.29) is 11.9 Å². The van der Waals surface area contributed by atoms with Crippen molar-refractivity contribution in [3.8, 4) is 0 Å². The normalized spacial score (nSPS) is 18.5. The number of nitrogens with zero attached hydrogens (tertiary/aromatic N) is 3. The van der Waals surface area contributed by atoms with E-state index in [4.69, 9.17) is 0 Å². The fourth-order valence-electron chi connectivity index (χ4n) is 5.14. The smallest absolute Gasteiger partial charge is 0.271 e. The molecule has 0 bridgehead atoms. The van der Waals surface area contributed by atoms with Gasteiger partial charge in [-0.15, -0.1) is 0 Å². The van der Waals surface area contributed by atoms with E-state index in [1.165, 1.54) is 5.56 Å². The maximum Gasteiger partial charge on any atom is 0.271 e. The number of para-hydroxylation sites is 1. The van der Waals surface area contributed by atoms with Crippen LogP contribution in [0.4, 0.5) is 0 Å². The predicted molar refractivity (Wildman–Crippen MR) is 128 cm³/mol. The summed E-state index contributed by atoms with van der Waals surface area (Å²) in [4.78, 5) is 20.2. The molecule has 0 spiro atoms. The number of aromatic nitrogens is 2. The van der Waals surface area contributed by atoms with E-state index in [2.05, 4.69) is 58.4 Å². The first kappa shape index (κ1) is 20.5. The minimum absolute atomic E-state index is 0.107. The molecule has 1 fully saturated rings. The number of hydrogen-bond donors (Lipinski definition) is 0. The molecule has 0 saturated heterocycles. The van der Waals surface area contributed by atoms with Crippen LogP contribution in [0.1, 0.15) is 53.2 Å². The van der Waals surface area contributed by atoms with E-state index in [0.717, 1.165) is 47.8 Å². The fraction of sp³-hybridized carbons (Fsp3) is 0.286. The van der Waals surface area contributed by atoms with Crippen LogP contribution in [0.2, 0.25) is 0 Å². The van der Waals surface area contributed by atoms with Crippen LogP contribution in [0.25, 0.3) is 10.9 Å². The summed E-state index contributed by atoms with van der Waals surface area (Å²) < 4.78 is 2.03. The molecule has 0 atom stereocenters. The highest BCUT2D eigenvalue weighted by atomic mass is 16.2. The summed E-state index contributed by atoms with van der Waals surface area (Å²) in [5, 5.41) is 1.10. The Kier molecular flexibility index (Phi) is 5.76. The Morgan fingerprint density at radius 3 is 2.44 bits per heavy atom. The zero-order valence-corrected chi connectivity index (χ0v) is 18.5. The average Bonchev–Trinajstić information content (AvgIpc) is 3.20. The first-order valence-electron chi connectivity index (χ1n) is 11.5. The maximum absolute atomic E-state index is 13.9. The average molecular weight is 424 g/mol. The number of benzene rings is 2. The first-order chi connectivity index (χ1) is 15.7. The zero-order valence-electron chi connectivity index (χ0n) is 18.5. The SMILES string of the molecule is Cn1c(C(=O)N(Cc2cccnc2)C2CCC(c3ccccc3)CC2)cc2ccccc21. The summed E-state index contributed by atoms with van der Waals surface area (Å²) in [7, 11) is 1.99. The Bertz CT molecular complexity index is 1190. The van der Waals surface area contributed by atoms with Crippen molar-refractivity contribution in [2.45, 2.75) is 44.2 Å². The molecule has 1 saturated carbocycles. The third-order valence-corrected chi connectivity index (χ3v) is 6.92. The Balaban J connectivity index is 1.42. The lowest BCUT2D eigenvalue weighted by atomic mass is 9.81. The van der Waals surface area contributed by atoms with Crippen molar-refractivity contribution in [1.82, 2.24) is 14.5 Å². The molecule has 5 rings (SSSR count). The monoisotopic (exact) mass is 423 g/mol. The van der Waals surface area contributed by atoms with E-state index < -0.39 is 0 Å². The van der Waals surface area contributed by atoms with Crippen LogP contribution in [0.15, 0.2) is 85.2 Å². The van der Waals surface area contributed by atoms with Crippen molar-refractivity contribution >= 4 is 16.8 Å². The number of amides is 1. The van der Waals surface area contributed by atoms with Crippen molar-refractivity contribution in [3.05, 3.63) is 102 Å². The molecule has 0 N–H and O–H groups in total. The van der Waals surface area contributed by atoms with Gasteiger partial charge in [0.05, 0.1) is 0 Å². The number of rotatable bonds is 5. The van der Waals surface area contributed by atoms with Crippen molar-refractivity contribution < 1.29 is 4.79 Å². The van der Waals surface area contributed by atoms with Gasteiger partial charge in [0, 0.05) is 42.9 Å². The number of carbonyl (C=O) groups excluding carboxylic acids is 1. The van der Waals surface area contributed by atoms with Crippen molar-refractivity contribution in [2.75, 3.05) is 0 Å². The molecular weight excluding hydrogens is 394 g/mol. The van der Waals surface area contributed by atoms with E-state index in [1.807, 2.05) is 42.1 Å². The van der Waals surface area contributed by atoms with Crippen molar-refractivity contribution in [3.63, 3.8) is 0 Å². The number of pyridine rings is 1. The Morgan fingerprint density at radius 1 is 0.969 bits per heavy atom. The van der Waals surface area contributed by atoms with Gasteiger partial charge in [0.15, 0.2) is 0 Å². The summed E-state index contributed by atoms with van der Waals surface area (Å²) in [6.45, 7) is 0.592. The second-order valence-corrected chi connectivity index (χ2v) is 8.86. The fourth-order valence-corrected chi connectivity index (χ4v) is 5.14. The first-order valence-corrected chi connectivity index (χ1v) is 11.5. The standard InChI is InChI=1S/C28H29N3O/c1-30-26-12-6-5-11-24(26)18-27(30)28(32)31(20-21-8-7-17-29-19-21)25-15-13-23(14-16-25)22-9-3-2-4-10-22/h2-12,17-19,23,25H,13-16,20H2,1H3. The Morgan fingerprint density at radius 2 is 1.72 bits per heavy atom. The zero-order chi connectivity index (χ0) is 21.9. The largest absolute Gasteiger partial charge is 0.340 e. The van der Waals surface area contributed by atoms with Crippen LogP contribution in [-0.2, 0) is 13.6 Å². The highest BCUT2D eigenvalue weighted by molar-refractivity contribution is 5.98. The minimum Gasteiger partial charge on any atom is -0.340 e. The summed E-state index contributed by atoms with van der Waals surface area (Å²) in [6, 6.07) is 25.3. The van der Waals surface area contributed by atoms with Gasteiger partial charge in [-0.1, -0.05) is 54.6 Å². The molecule has 2 aromatic carbocycles. The number of hydrogen-bond acceptors (Lipinski definition) is 2. The summed E-state index contributed by atoms with van der Waals surface area (Å²) in [6.07, 6.45) is 7.92. The van der Waals surface area contributed by atoms with E-state index in [9.17, 15) is 4.79 Å². The summed E-state index contributed by atoms with van der Waals surface area (Å²) in [5.74, 6) is 0.691. The second kappa shape index (κ2) is 8.99. The minimum atomic E-state index is 0.107. The van der Waals surface area contributed by atoms with E-state index in [1.54, 1.807) is 6.20 Å². The number of carbonyl (C=O) groups is 1. The van der Waals surface area contributed by atoms with Gasteiger partial charge in [0.1, 0.15) is 5.69 Å². The number of aryl methyl sites for hydroxylation is 1. The summed E-state index contributed by atoms with van der Waals surface area (Å²) in [5.41, 5.74) is 4.33. The molecule has 4 heteroatoms. The van der Waals surface area contributed by atoms with Gasteiger partial charge in [0.2, 0.25) is 0 Å². The molecular formula is C28H29N3O. The molecule has 2 aromatic heterocycles. The Hall–Kier alpha value is -3.40. The maximum atomic E-state index is 13.9. The highest BCUT2D eigenvalue weighted by Gasteiger charge is 2.31. The van der Waals surface area contributed by atoms with Crippen LogP contribution >= 0.6 is 0 Å². The molecule has 1 aliphatic rings. The molecule has 0 unspecified atom stereocenters. The third-order valence-electron chi connectivity index (χ3n) is 6.92. The van der Waals surface area contributed by atoms with Crippen LogP contribution < -0.4 is 0 Å². The van der Waals surface area contributed by atoms with Gasteiger partial charge in [-0.2, -0.15) is 0 Å². The van der Waals surface area contributed by atoms with E-state index >= 15 is 0 Å². The molecule has 2 heterocycles. The lowest BCUT2D eigenvalue weighted by Crippen LogP contribution is -2.42. The van der Waals surface area contributed by atoms with Gasteiger partial charge >= 0.3 is 0 Å². The Labute approximate surface area is 189 Å². The van der Waals surface area contributed by atoms with Crippen molar-refractivity contribution in [2.24, 2.45) is 7.05 Å². The van der Waals surface area contributed by atoms with E-state index in [0.29, 0.717) is 12.5 Å². The molecule has 32 heavy (non-hydrogen) atoms. The van der Waals surface area contributed by atoms with Crippen LogP contribution in [0.3, 0.4) is 0 Å². The van der Waals surface area contributed by atoms with Gasteiger partial charge < -0.3 is 9.47 Å². The van der Waals surface area contributed by atoms with Crippen molar-refractivity contribution in [1.29, 1.82) is 0 Å². The van der Waals surface area contributed by atoms with Gasteiger partial charge in [-0.25, -0.2) is 0 Å². The van der Waals surface area contributed by atoms with Gasteiger partial charge in [-0.05, 0) is 60.9 Å². The predicted octanol–water partition coefficient (Wildman–Crippen LogP) is 5.94. The lowest BCUT2D eigenvalue weighted by Gasteiger charge is -2.37. The highest BCUT2D eigenvalue weighted by Crippen LogP contribution is 2.36. The summed E-state index contributed by atoms with van der Waals surface area (Å²) >= 11 is 0. The van der Waals surface area contributed by atoms with Crippen LogP contribution in [0.5, 0.6) is 0 Å². The van der Waals surface area contributed by atoms with Gasteiger partial charge in [-0.3, -0.25) is 9.78 Å². The second-order valence-electron chi connectivity index (χ2n) is 8.86. The third kappa shape index (κ3) is 4.05. The molecule has 4 nitrogen and oxygen atoms in total. The molecule has 0 aliphatic heterocycles. The molecule has 0 radical (unpaired) electrons. The topological polar surface area (TPSA) is 38.1 Å². The van der Waals surface area contributed by atoms with Crippen LogP contribution in [0, 0.1) is 0 Å². The molecule has 4 aromatic rings. The molecule has 162 valence electrons. The van der Waals surface area contributed by atoms with Gasteiger partial charge in [0.25, 0.3) is 5.91 Å². The number of fused-ring (bicyclic) bond motifs is 1. The quantitative estimate of drug-likeness (QED) is 0.398. The van der Waals surface area contributed by atoms with Crippen LogP contribution in [-0.4, -0.2) is 26.4 Å². The molecule has 1 amide bonds. The molecule has 1 aliphatic carbocycles.